The van der Waals surface area contributed by atoms with E-state index in [1.807, 2.05) is 27.7 Å². The molecule has 15 heavy (non-hydrogen) atoms. The molecule has 88 valence electrons. The third-order valence-corrected chi connectivity index (χ3v) is 4.05. The van der Waals surface area contributed by atoms with Crippen molar-refractivity contribution in [3.8, 4) is 0 Å². The molecule has 0 unspecified atom stereocenters. The molecule has 0 saturated heterocycles. The van der Waals surface area contributed by atoms with Crippen molar-refractivity contribution in [3.63, 3.8) is 0 Å². The number of allylic oxidation sites excluding steroid dienone is 2. The molecule has 0 atom stereocenters. The molecular formula is C11H21NO2S. The van der Waals surface area contributed by atoms with E-state index in [1.165, 1.54) is 4.31 Å². The molecule has 0 saturated carbocycles. The molecule has 0 aromatic heterocycles. The van der Waals surface area contributed by atoms with Crippen LogP contribution in [0, 0.1) is 0 Å². The summed E-state index contributed by atoms with van der Waals surface area (Å²) in [7, 11) is -3.21. The van der Waals surface area contributed by atoms with Gasteiger partial charge in [0.15, 0.2) is 0 Å². The van der Waals surface area contributed by atoms with Crippen LogP contribution in [0.5, 0.6) is 0 Å². The van der Waals surface area contributed by atoms with Gasteiger partial charge in [0.1, 0.15) is 0 Å². The molecule has 0 bridgehead atoms. The van der Waals surface area contributed by atoms with Crippen LogP contribution in [0.25, 0.3) is 0 Å². The van der Waals surface area contributed by atoms with Gasteiger partial charge in [-0.05, 0) is 33.3 Å². The molecule has 0 aromatic rings. The van der Waals surface area contributed by atoms with Crippen molar-refractivity contribution in [1.82, 2.24) is 4.31 Å². The van der Waals surface area contributed by atoms with E-state index in [2.05, 4.69) is 6.58 Å². The van der Waals surface area contributed by atoms with Gasteiger partial charge in [-0.25, -0.2) is 8.42 Å². The Morgan fingerprint density at radius 1 is 1.47 bits per heavy atom. The van der Waals surface area contributed by atoms with E-state index >= 15 is 0 Å². The summed E-state index contributed by atoms with van der Waals surface area (Å²) < 4.78 is 25.2. The average Bonchev–Trinajstić information content (AvgIpc) is 2.02. The highest BCUT2D eigenvalue weighted by Crippen LogP contribution is 2.16. The molecule has 0 fully saturated rings. The lowest BCUT2D eigenvalue weighted by Gasteiger charge is -2.28. The molecule has 0 aromatic carbocycles. The quantitative estimate of drug-likeness (QED) is 0.659. The van der Waals surface area contributed by atoms with Crippen molar-refractivity contribution in [2.75, 3.05) is 5.75 Å². The molecule has 0 amide bonds. The normalized spacial score (nSPS) is 12.3. The summed E-state index contributed by atoms with van der Waals surface area (Å²) in [4.78, 5) is 0. The van der Waals surface area contributed by atoms with Gasteiger partial charge < -0.3 is 0 Å². The van der Waals surface area contributed by atoms with Crippen molar-refractivity contribution in [3.05, 3.63) is 24.4 Å². The van der Waals surface area contributed by atoms with E-state index in [0.29, 0.717) is 12.1 Å². The molecule has 0 aliphatic carbocycles. The van der Waals surface area contributed by atoms with Crippen LogP contribution < -0.4 is 0 Å². The Hall–Kier alpha value is -0.770. The minimum atomic E-state index is -3.21. The minimum absolute atomic E-state index is 0.0924. The lowest BCUT2D eigenvalue weighted by Crippen LogP contribution is -2.36. The first-order chi connectivity index (χ1) is 6.86. The van der Waals surface area contributed by atoms with E-state index in [4.69, 9.17) is 0 Å². The van der Waals surface area contributed by atoms with E-state index in [-0.39, 0.29) is 11.8 Å². The zero-order valence-corrected chi connectivity index (χ0v) is 10.8. The van der Waals surface area contributed by atoms with Gasteiger partial charge in [0, 0.05) is 11.7 Å². The molecule has 0 aliphatic heterocycles. The Kier molecular flexibility index (Phi) is 5.65. The maximum absolute atomic E-state index is 11.9. The topological polar surface area (TPSA) is 37.4 Å². The summed E-state index contributed by atoms with van der Waals surface area (Å²) in [5.74, 6) is 0.168. The Morgan fingerprint density at radius 2 is 2.00 bits per heavy atom. The summed E-state index contributed by atoms with van der Waals surface area (Å²) >= 11 is 0. The van der Waals surface area contributed by atoms with Crippen molar-refractivity contribution in [1.29, 1.82) is 0 Å². The maximum atomic E-state index is 11.9. The van der Waals surface area contributed by atoms with Crippen LogP contribution in [-0.4, -0.2) is 24.5 Å². The highest BCUT2D eigenvalue weighted by Gasteiger charge is 2.23. The highest BCUT2D eigenvalue weighted by molar-refractivity contribution is 7.89. The Morgan fingerprint density at radius 3 is 2.33 bits per heavy atom. The molecule has 0 heterocycles. The van der Waals surface area contributed by atoms with Crippen LogP contribution in [0.2, 0.25) is 0 Å². The standard InChI is InChI=1S/C11H21NO2S/c1-6-8-11(5)12(10(3)4)15(13,14)9-7-2/h6,8,10H,5,7,9H2,1-4H3/b8-6+. The summed E-state index contributed by atoms with van der Waals surface area (Å²) in [6.07, 6.45) is 4.13. The lowest BCUT2D eigenvalue weighted by molar-refractivity contribution is 0.426. The number of sulfonamides is 1. The van der Waals surface area contributed by atoms with Crippen molar-refractivity contribution in [2.45, 2.75) is 40.2 Å². The van der Waals surface area contributed by atoms with E-state index in [0.717, 1.165) is 0 Å². The van der Waals surface area contributed by atoms with Gasteiger partial charge in [-0.1, -0.05) is 19.6 Å². The highest BCUT2D eigenvalue weighted by atomic mass is 32.2. The zero-order valence-electron chi connectivity index (χ0n) is 10.0. The first kappa shape index (κ1) is 14.2. The third-order valence-electron chi connectivity index (χ3n) is 1.87. The summed E-state index contributed by atoms with van der Waals surface area (Å²) in [6.45, 7) is 11.2. The second kappa shape index (κ2) is 5.95. The third kappa shape index (κ3) is 4.08. The fraction of sp³-hybridized carbons (Fsp3) is 0.636. The minimum Gasteiger partial charge on any atom is -0.268 e. The number of rotatable bonds is 6. The summed E-state index contributed by atoms with van der Waals surface area (Å²) in [5, 5.41) is 0. The maximum Gasteiger partial charge on any atom is 0.235 e. The van der Waals surface area contributed by atoms with E-state index < -0.39 is 10.0 Å². The van der Waals surface area contributed by atoms with Crippen LogP contribution >= 0.6 is 0 Å². The summed E-state index contributed by atoms with van der Waals surface area (Å²) in [5.41, 5.74) is 0.529. The predicted octanol–water partition coefficient (Wildman–Crippen LogP) is 2.53. The largest absolute Gasteiger partial charge is 0.268 e. The number of hydrogen-bond donors (Lipinski definition) is 0. The van der Waals surface area contributed by atoms with Gasteiger partial charge in [-0.15, -0.1) is 0 Å². The summed E-state index contributed by atoms with van der Waals surface area (Å²) in [6, 6.07) is -0.0924. The first-order valence-electron chi connectivity index (χ1n) is 5.20. The number of hydrogen-bond acceptors (Lipinski definition) is 2. The molecule has 0 spiro atoms. The van der Waals surface area contributed by atoms with E-state index in [1.54, 1.807) is 12.2 Å². The van der Waals surface area contributed by atoms with Gasteiger partial charge in [0.2, 0.25) is 10.0 Å². The molecule has 4 heteroatoms. The Balaban J connectivity index is 5.06. The van der Waals surface area contributed by atoms with E-state index in [9.17, 15) is 8.42 Å². The van der Waals surface area contributed by atoms with Crippen LogP contribution in [0.3, 0.4) is 0 Å². The zero-order chi connectivity index (χ0) is 12.1. The fourth-order valence-electron chi connectivity index (χ4n) is 1.45. The first-order valence-corrected chi connectivity index (χ1v) is 6.81. The molecule has 0 rings (SSSR count). The van der Waals surface area contributed by atoms with Gasteiger partial charge in [0.05, 0.1) is 5.75 Å². The van der Waals surface area contributed by atoms with Crippen LogP contribution in [-0.2, 0) is 10.0 Å². The molecular weight excluding hydrogens is 210 g/mol. The van der Waals surface area contributed by atoms with Gasteiger partial charge in [-0.3, -0.25) is 4.31 Å². The van der Waals surface area contributed by atoms with Gasteiger partial charge >= 0.3 is 0 Å². The smallest absolute Gasteiger partial charge is 0.235 e. The van der Waals surface area contributed by atoms with Crippen LogP contribution in [0.1, 0.15) is 34.1 Å². The Bertz CT molecular complexity index is 328. The SMILES string of the molecule is C=C(/C=C/C)N(C(C)C)S(=O)(=O)CCC. The van der Waals surface area contributed by atoms with Crippen LogP contribution in [0.15, 0.2) is 24.4 Å². The lowest BCUT2D eigenvalue weighted by atomic mass is 10.3. The molecule has 0 N–H and O–H groups in total. The molecule has 0 radical (unpaired) electrons. The van der Waals surface area contributed by atoms with Crippen LogP contribution in [0.4, 0.5) is 0 Å². The van der Waals surface area contributed by atoms with Gasteiger partial charge in [0.25, 0.3) is 0 Å². The second-order valence-electron chi connectivity index (χ2n) is 3.70. The second-order valence-corrected chi connectivity index (χ2v) is 5.66. The monoisotopic (exact) mass is 231 g/mol. The predicted molar refractivity (Wildman–Crippen MR) is 65.0 cm³/mol. The average molecular weight is 231 g/mol. The Labute approximate surface area is 93.5 Å². The van der Waals surface area contributed by atoms with Crippen molar-refractivity contribution < 1.29 is 8.42 Å². The molecule has 3 nitrogen and oxygen atoms in total. The fourth-order valence-corrected chi connectivity index (χ4v) is 3.23. The van der Waals surface area contributed by atoms with Crippen molar-refractivity contribution in [2.24, 2.45) is 0 Å². The number of nitrogens with zero attached hydrogens (tertiary/aromatic N) is 1. The molecule has 0 aliphatic rings. The van der Waals surface area contributed by atoms with Gasteiger partial charge in [-0.2, -0.15) is 0 Å². The van der Waals surface area contributed by atoms with Crippen molar-refractivity contribution >= 4 is 10.0 Å².